The lowest BCUT2D eigenvalue weighted by molar-refractivity contribution is -0.384. The van der Waals surface area contributed by atoms with Crippen molar-refractivity contribution in [2.24, 2.45) is 0 Å². The Labute approximate surface area is 97.6 Å². The molecular weight excluding hydrogens is 226 g/mol. The number of non-ortho nitro benzene ring substituents is 1. The van der Waals surface area contributed by atoms with E-state index in [1.165, 1.54) is 12.1 Å². The molecule has 16 heavy (non-hydrogen) atoms. The molecule has 1 rings (SSSR count). The summed E-state index contributed by atoms with van der Waals surface area (Å²) in [7, 11) is 0. The molecule has 0 saturated heterocycles. The molecule has 0 aliphatic rings. The average molecular weight is 237 g/mol. The summed E-state index contributed by atoms with van der Waals surface area (Å²) < 4.78 is 0. The van der Waals surface area contributed by atoms with Crippen LogP contribution in [0, 0.1) is 21.4 Å². The Morgan fingerprint density at radius 3 is 2.94 bits per heavy atom. The van der Waals surface area contributed by atoms with Gasteiger partial charge in [-0.25, -0.2) is 0 Å². The quantitative estimate of drug-likeness (QED) is 0.482. The summed E-state index contributed by atoms with van der Waals surface area (Å²) in [6, 6.07) is 6.18. The van der Waals surface area contributed by atoms with Crippen LogP contribution in [0.2, 0.25) is 0 Å². The number of thioether (sulfide) groups is 1. The lowest BCUT2D eigenvalue weighted by Gasteiger charge is -2.06. The molecule has 1 aromatic rings. The van der Waals surface area contributed by atoms with Gasteiger partial charge in [0.25, 0.3) is 5.69 Å². The Bertz CT molecular complexity index is 429. The number of nitro groups is 1. The Kier molecular flexibility index (Phi) is 4.61. The highest BCUT2D eigenvalue weighted by molar-refractivity contribution is 7.98. The van der Waals surface area contributed by atoms with Crippen LogP contribution in [0.3, 0.4) is 0 Å². The van der Waals surface area contributed by atoms with Gasteiger partial charge in [-0.2, -0.15) is 17.0 Å². The predicted molar refractivity (Wildman–Crippen MR) is 64.7 cm³/mol. The Morgan fingerprint density at radius 2 is 2.38 bits per heavy atom. The van der Waals surface area contributed by atoms with E-state index < -0.39 is 4.92 Å². The van der Waals surface area contributed by atoms with Crippen LogP contribution < -0.4 is 5.32 Å². The molecule has 0 aliphatic carbocycles. The number of hydrogen-bond acceptors (Lipinski definition) is 5. The second-order valence-corrected chi connectivity index (χ2v) is 4.00. The number of nitriles is 1. The van der Waals surface area contributed by atoms with Crippen molar-refractivity contribution in [3.05, 3.63) is 33.9 Å². The molecule has 0 unspecified atom stereocenters. The molecule has 0 aliphatic heterocycles. The monoisotopic (exact) mass is 237 g/mol. The molecule has 0 atom stereocenters. The number of benzene rings is 1. The lowest BCUT2D eigenvalue weighted by Crippen LogP contribution is -2.05. The van der Waals surface area contributed by atoms with Crippen LogP contribution in [0.15, 0.2) is 18.2 Å². The SMILES string of the molecule is CSCCNc1ccc([N+](=O)[O-])cc1C#N. The maximum atomic E-state index is 10.5. The van der Waals surface area contributed by atoms with Crippen LogP contribution in [0.5, 0.6) is 0 Å². The third-order valence-corrected chi connectivity index (χ3v) is 2.57. The molecule has 1 N–H and O–H groups in total. The zero-order valence-corrected chi connectivity index (χ0v) is 9.58. The van der Waals surface area contributed by atoms with E-state index >= 15 is 0 Å². The van der Waals surface area contributed by atoms with Crippen LogP contribution in [0.4, 0.5) is 11.4 Å². The fourth-order valence-corrected chi connectivity index (χ4v) is 1.49. The molecule has 6 heteroatoms. The first kappa shape index (κ1) is 12.3. The zero-order chi connectivity index (χ0) is 12.0. The first-order valence-electron chi connectivity index (χ1n) is 4.60. The number of nitrogens with one attached hydrogen (secondary N) is 1. The second-order valence-electron chi connectivity index (χ2n) is 3.02. The summed E-state index contributed by atoms with van der Waals surface area (Å²) >= 11 is 1.69. The van der Waals surface area contributed by atoms with E-state index in [1.54, 1.807) is 17.8 Å². The minimum absolute atomic E-state index is 0.0630. The van der Waals surface area contributed by atoms with Crippen molar-refractivity contribution in [2.75, 3.05) is 23.9 Å². The van der Waals surface area contributed by atoms with E-state index in [4.69, 9.17) is 5.26 Å². The molecule has 1 aromatic carbocycles. The summed E-state index contributed by atoms with van der Waals surface area (Å²) in [5.41, 5.74) is 0.879. The fourth-order valence-electron chi connectivity index (χ4n) is 1.18. The highest BCUT2D eigenvalue weighted by Gasteiger charge is 2.09. The zero-order valence-electron chi connectivity index (χ0n) is 8.77. The van der Waals surface area contributed by atoms with Crippen molar-refractivity contribution in [3.8, 4) is 6.07 Å². The first-order valence-corrected chi connectivity index (χ1v) is 5.99. The molecule has 0 spiro atoms. The maximum Gasteiger partial charge on any atom is 0.270 e. The smallest absolute Gasteiger partial charge is 0.270 e. The molecular formula is C10H11N3O2S. The van der Waals surface area contributed by atoms with Crippen molar-refractivity contribution in [1.82, 2.24) is 0 Å². The number of hydrogen-bond donors (Lipinski definition) is 1. The van der Waals surface area contributed by atoms with E-state index in [-0.39, 0.29) is 5.69 Å². The standard InChI is InChI=1S/C10H11N3O2S/c1-16-5-4-12-10-3-2-9(13(14)15)6-8(10)7-11/h2-3,6,12H,4-5H2,1H3. The number of nitro benzene ring substituents is 1. The molecule has 0 aromatic heterocycles. The third kappa shape index (κ3) is 3.14. The van der Waals surface area contributed by atoms with Crippen molar-refractivity contribution in [1.29, 1.82) is 5.26 Å². The summed E-state index contributed by atoms with van der Waals surface area (Å²) in [4.78, 5) is 10.0. The van der Waals surface area contributed by atoms with Crippen molar-refractivity contribution in [3.63, 3.8) is 0 Å². The molecule has 0 fully saturated rings. The number of rotatable bonds is 5. The van der Waals surface area contributed by atoms with E-state index in [0.29, 0.717) is 11.3 Å². The predicted octanol–water partition coefficient (Wildman–Crippen LogP) is 2.24. The maximum absolute atomic E-state index is 10.5. The van der Waals surface area contributed by atoms with Crippen LogP contribution in [0.25, 0.3) is 0 Å². The van der Waals surface area contributed by atoms with E-state index in [0.717, 1.165) is 12.3 Å². The van der Waals surface area contributed by atoms with Crippen LogP contribution in [-0.2, 0) is 0 Å². The van der Waals surface area contributed by atoms with Crippen molar-refractivity contribution < 1.29 is 4.92 Å². The molecule has 0 saturated carbocycles. The summed E-state index contributed by atoms with van der Waals surface area (Å²) in [5, 5.41) is 22.4. The molecule has 84 valence electrons. The molecule has 0 bridgehead atoms. The number of anilines is 1. The normalized spacial score (nSPS) is 9.50. The summed E-state index contributed by atoms with van der Waals surface area (Å²) in [6.07, 6.45) is 1.99. The largest absolute Gasteiger partial charge is 0.383 e. The Morgan fingerprint density at radius 1 is 1.62 bits per heavy atom. The fraction of sp³-hybridized carbons (Fsp3) is 0.300. The average Bonchev–Trinajstić information content (AvgIpc) is 2.29. The highest BCUT2D eigenvalue weighted by Crippen LogP contribution is 2.21. The minimum Gasteiger partial charge on any atom is -0.383 e. The van der Waals surface area contributed by atoms with Gasteiger partial charge >= 0.3 is 0 Å². The number of nitrogens with zero attached hydrogens (tertiary/aromatic N) is 2. The summed E-state index contributed by atoms with van der Waals surface area (Å²) in [6.45, 7) is 0.730. The van der Waals surface area contributed by atoms with Crippen LogP contribution in [0.1, 0.15) is 5.56 Å². The van der Waals surface area contributed by atoms with Gasteiger partial charge in [0.2, 0.25) is 0 Å². The van der Waals surface area contributed by atoms with Gasteiger partial charge in [0.15, 0.2) is 0 Å². The molecule has 0 radical (unpaired) electrons. The van der Waals surface area contributed by atoms with E-state index in [9.17, 15) is 10.1 Å². The lowest BCUT2D eigenvalue weighted by atomic mass is 10.1. The van der Waals surface area contributed by atoms with Gasteiger partial charge in [-0.3, -0.25) is 10.1 Å². The van der Waals surface area contributed by atoms with Crippen LogP contribution >= 0.6 is 11.8 Å². The molecule has 0 amide bonds. The van der Waals surface area contributed by atoms with Gasteiger partial charge in [-0.15, -0.1) is 0 Å². The van der Waals surface area contributed by atoms with Crippen molar-refractivity contribution >= 4 is 23.1 Å². The van der Waals surface area contributed by atoms with Gasteiger partial charge in [0, 0.05) is 24.4 Å². The highest BCUT2D eigenvalue weighted by atomic mass is 32.2. The topological polar surface area (TPSA) is 79.0 Å². The van der Waals surface area contributed by atoms with Crippen LogP contribution in [-0.4, -0.2) is 23.5 Å². The minimum atomic E-state index is -0.507. The van der Waals surface area contributed by atoms with Crippen molar-refractivity contribution in [2.45, 2.75) is 0 Å². The molecule has 5 nitrogen and oxygen atoms in total. The summed E-state index contributed by atoms with van der Waals surface area (Å²) in [5.74, 6) is 0.919. The first-order chi connectivity index (χ1) is 7.69. The van der Waals surface area contributed by atoms with Gasteiger partial charge in [-0.1, -0.05) is 0 Å². The Hall–Kier alpha value is -1.74. The van der Waals surface area contributed by atoms with Gasteiger partial charge in [-0.05, 0) is 12.3 Å². The molecule has 0 heterocycles. The Balaban J connectivity index is 2.86. The van der Waals surface area contributed by atoms with Gasteiger partial charge in [0.1, 0.15) is 6.07 Å². The van der Waals surface area contributed by atoms with Gasteiger partial charge < -0.3 is 5.32 Å². The van der Waals surface area contributed by atoms with Gasteiger partial charge in [0.05, 0.1) is 16.2 Å². The van der Waals surface area contributed by atoms with E-state index in [2.05, 4.69) is 5.32 Å². The third-order valence-electron chi connectivity index (χ3n) is 1.96. The second kappa shape index (κ2) is 5.98. The van der Waals surface area contributed by atoms with E-state index in [1.807, 2.05) is 12.3 Å².